The van der Waals surface area contributed by atoms with Crippen LogP contribution >= 0.6 is 23.6 Å². The first-order chi connectivity index (χ1) is 13.1. The Balaban J connectivity index is 1.69. The molecule has 132 valence electrons. The van der Waals surface area contributed by atoms with Gasteiger partial charge in [0, 0.05) is 11.1 Å². The number of aromatic hydroxyl groups is 1. The normalized spacial score (nSPS) is 14.8. The molecule has 4 nitrogen and oxygen atoms in total. The molecular formula is C21H14N2O2S2. The molecule has 1 aliphatic carbocycles. The molecule has 0 amide bonds. The van der Waals surface area contributed by atoms with Gasteiger partial charge >= 0.3 is 0 Å². The number of ketones is 1. The third kappa shape index (κ3) is 3.45. The summed E-state index contributed by atoms with van der Waals surface area (Å²) in [6.07, 6.45) is 6.92. The summed E-state index contributed by atoms with van der Waals surface area (Å²) in [5, 5.41) is 14.8. The Morgan fingerprint density at radius 1 is 1.04 bits per heavy atom. The van der Waals surface area contributed by atoms with Crippen LogP contribution in [-0.4, -0.2) is 21.8 Å². The third-order valence-corrected chi connectivity index (χ3v) is 5.40. The number of allylic oxidation sites excluding steroid dienone is 2. The van der Waals surface area contributed by atoms with E-state index in [0.29, 0.717) is 20.0 Å². The topological polar surface area (TPSA) is 54.6 Å². The molecule has 4 rings (SSSR count). The van der Waals surface area contributed by atoms with Crippen molar-refractivity contribution < 1.29 is 9.90 Å². The van der Waals surface area contributed by atoms with Gasteiger partial charge in [0.15, 0.2) is 9.74 Å². The molecule has 0 spiro atoms. The van der Waals surface area contributed by atoms with Crippen LogP contribution in [0.1, 0.15) is 26.4 Å². The standard InChI is InChI=1S/C21H14N2O2S2/c24-19-16(11-10-15-8-4-5-9-17(15)19)12-18-20(25)23(21(26)27-18)22-13-14-6-2-1-3-7-14/h1-13,25H. The van der Waals surface area contributed by atoms with Gasteiger partial charge in [-0.15, -0.1) is 0 Å². The van der Waals surface area contributed by atoms with Crippen molar-refractivity contribution in [2.24, 2.45) is 5.10 Å². The zero-order valence-electron chi connectivity index (χ0n) is 14.1. The predicted octanol–water partition coefficient (Wildman–Crippen LogP) is 5.16. The average Bonchev–Trinajstić information content (AvgIpc) is 2.96. The number of aromatic nitrogens is 1. The fourth-order valence-electron chi connectivity index (χ4n) is 2.75. The third-order valence-electron chi connectivity index (χ3n) is 4.11. The Labute approximate surface area is 165 Å². The zero-order chi connectivity index (χ0) is 18.8. The van der Waals surface area contributed by atoms with E-state index in [-0.39, 0.29) is 11.7 Å². The van der Waals surface area contributed by atoms with E-state index in [1.165, 1.54) is 16.0 Å². The predicted molar refractivity (Wildman–Crippen MR) is 112 cm³/mol. The fourth-order valence-corrected chi connectivity index (χ4v) is 3.92. The molecule has 1 heterocycles. The van der Waals surface area contributed by atoms with Crippen LogP contribution in [0.3, 0.4) is 0 Å². The molecule has 3 aromatic rings. The van der Waals surface area contributed by atoms with Gasteiger partial charge in [-0.05, 0) is 29.4 Å². The summed E-state index contributed by atoms with van der Waals surface area (Å²) in [7, 11) is 0. The van der Waals surface area contributed by atoms with Crippen molar-refractivity contribution in [1.82, 2.24) is 4.68 Å². The molecule has 0 fully saturated rings. The first kappa shape index (κ1) is 17.3. The van der Waals surface area contributed by atoms with Crippen LogP contribution in [0.2, 0.25) is 0 Å². The zero-order valence-corrected chi connectivity index (χ0v) is 15.7. The second-order valence-electron chi connectivity index (χ2n) is 5.87. The van der Waals surface area contributed by atoms with Gasteiger partial charge in [-0.2, -0.15) is 9.78 Å². The van der Waals surface area contributed by atoms with Gasteiger partial charge in [-0.1, -0.05) is 78.1 Å². The summed E-state index contributed by atoms with van der Waals surface area (Å²) in [5.41, 5.74) is 2.93. The number of fused-ring (bicyclic) bond motifs is 1. The number of carbonyl (C=O) groups excluding carboxylic acids is 1. The van der Waals surface area contributed by atoms with Crippen molar-refractivity contribution in [3.8, 4) is 5.88 Å². The highest BCUT2D eigenvalue weighted by Crippen LogP contribution is 2.31. The van der Waals surface area contributed by atoms with Crippen molar-refractivity contribution in [2.75, 3.05) is 0 Å². The maximum atomic E-state index is 12.7. The Bertz CT molecular complexity index is 1170. The van der Waals surface area contributed by atoms with E-state index < -0.39 is 0 Å². The van der Waals surface area contributed by atoms with E-state index in [2.05, 4.69) is 5.10 Å². The van der Waals surface area contributed by atoms with E-state index in [1.54, 1.807) is 24.4 Å². The Kier molecular flexibility index (Phi) is 4.66. The SMILES string of the molecule is O=C1C(=Cc2sc(=S)n(N=Cc3ccccc3)c2O)C=Cc2ccccc21. The van der Waals surface area contributed by atoms with E-state index >= 15 is 0 Å². The largest absolute Gasteiger partial charge is 0.492 e. The first-order valence-electron chi connectivity index (χ1n) is 8.21. The number of hydrogen-bond donors (Lipinski definition) is 1. The maximum Gasteiger partial charge on any atom is 0.232 e. The second kappa shape index (κ2) is 7.26. The van der Waals surface area contributed by atoms with Crippen molar-refractivity contribution in [1.29, 1.82) is 0 Å². The average molecular weight is 390 g/mol. The number of benzene rings is 2. The minimum atomic E-state index is -0.0789. The fraction of sp³-hybridized carbons (Fsp3) is 0. The Hall–Kier alpha value is -3.09. The number of rotatable bonds is 3. The minimum Gasteiger partial charge on any atom is -0.492 e. The molecule has 1 aliphatic rings. The molecule has 0 radical (unpaired) electrons. The van der Waals surface area contributed by atoms with E-state index in [1.807, 2.05) is 54.6 Å². The molecule has 0 aliphatic heterocycles. The van der Waals surface area contributed by atoms with Gasteiger partial charge in [-0.3, -0.25) is 4.79 Å². The molecule has 27 heavy (non-hydrogen) atoms. The van der Waals surface area contributed by atoms with Crippen LogP contribution in [0.15, 0.2) is 71.3 Å². The number of hydrogen-bond acceptors (Lipinski definition) is 5. The van der Waals surface area contributed by atoms with Crippen molar-refractivity contribution in [3.63, 3.8) is 0 Å². The molecule has 1 N–H and O–H groups in total. The Morgan fingerprint density at radius 3 is 2.59 bits per heavy atom. The van der Waals surface area contributed by atoms with Crippen molar-refractivity contribution in [2.45, 2.75) is 0 Å². The molecule has 1 aromatic heterocycles. The number of carbonyl (C=O) groups is 1. The minimum absolute atomic E-state index is 0.0776. The first-order valence-corrected chi connectivity index (χ1v) is 9.44. The van der Waals surface area contributed by atoms with Gasteiger partial charge in [-0.25, -0.2) is 0 Å². The summed E-state index contributed by atoms with van der Waals surface area (Å²) in [6.45, 7) is 0. The number of nitrogens with zero attached hydrogens (tertiary/aromatic N) is 2. The molecule has 0 unspecified atom stereocenters. The van der Waals surface area contributed by atoms with Crippen molar-refractivity contribution >= 4 is 47.7 Å². The summed E-state index contributed by atoms with van der Waals surface area (Å²) >= 11 is 6.52. The quantitative estimate of drug-likeness (QED) is 0.382. The van der Waals surface area contributed by atoms with Gasteiger partial charge in [0.2, 0.25) is 5.88 Å². The molecule has 0 saturated heterocycles. The van der Waals surface area contributed by atoms with Gasteiger partial charge in [0.1, 0.15) is 0 Å². The summed E-state index contributed by atoms with van der Waals surface area (Å²) in [4.78, 5) is 13.2. The van der Waals surface area contributed by atoms with Crippen molar-refractivity contribution in [3.05, 3.63) is 91.8 Å². The molecule has 0 bridgehead atoms. The summed E-state index contributed by atoms with van der Waals surface area (Å²) < 4.78 is 1.70. The highest BCUT2D eigenvalue weighted by Gasteiger charge is 2.19. The van der Waals surface area contributed by atoms with Crippen LogP contribution in [0.5, 0.6) is 5.88 Å². The highest BCUT2D eigenvalue weighted by molar-refractivity contribution is 7.73. The van der Waals surface area contributed by atoms with Crippen LogP contribution in [-0.2, 0) is 0 Å². The highest BCUT2D eigenvalue weighted by atomic mass is 32.1. The lowest BCUT2D eigenvalue weighted by atomic mass is 9.92. The molecule has 0 atom stereocenters. The second-order valence-corrected chi connectivity index (χ2v) is 7.55. The molecule has 2 aromatic carbocycles. The van der Waals surface area contributed by atoms with Crippen LogP contribution in [0.4, 0.5) is 0 Å². The summed E-state index contributed by atoms with van der Waals surface area (Å²) in [6, 6.07) is 17.0. The smallest absolute Gasteiger partial charge is 0.232 e. The van der Waals surface area contributed by atoms with Crippen LogP contribution in [0, 0.1) is 3.95 Å². The van der Waals surface area contributed by atoms with E-state index in [9.17, 15) is 9.90 Å². The lowest BCUT2D eigenvalue weighted by Crippen LogP contribution is -2.07. The van der Waals surface area contributed by atoms with Gasteiger partial charge in [0.05, 0.1) is 11.1 Å². The summed E-state index contributed by atoms with van der Waals surface area (Å²) in [5.74, 6) is -0.157. The lowest BCUT2D eigenvalue weighted by Gasteiger charge is -2.11. The van der Waals surface area contributed by atoms with Gasteiger partial charge < -0.3 is 5.11 Å². The van der Waals surface area contributed by atoms with E-state index in [4.69, 9.17) is 12.2 Å². The molecule has 6 heteroatoms. The van der Waals surface area contributed by atoms with E-state index in [0.717, 1.165) is 11.1 Å². The van der Waals surface area contributed by atoms with Crippen LogP contribution in [0.25, 0.3) is 12.2 Å². The monoisotopic (exact) mass is 390 g/mol. The maximum absolute atomic E-state index is 12.7. The Morgan fingerprint density at radius 2 is 1.78 bits per heavy atom. The molecule has 0 saturated carbocycles. The van der Waals surface area contributed by atoms with Crippen LogP contribution < -0.4 is 0 Å². The van der Waals surface area contributed by atoms with Gasteiger partial charge in [0.25, 0.3) is 0 Å². The lowest BCUT2D eigenvalue weighted by molar-refractivity contribution is 0.103. The number of thiazole rings is 1. The molecular weight excluding hydrogens is 376 g/mol. The number of Topliss-reactive ketones (excluding diaryl/α,β-unsaturated/α-hetero) is 1.